The second-order valence-corrected chi connectivity index (χ2v) is 3.97. The molecule has 90 valence electrons. The van der Waals surface area contributed by atoms with Gasteiger partial charge in [-0.3, -0.25) is 4.79 Å². The van der Waals surface area contributed by atoms with Crippen LogP contribution in [0, 0.1) is 5.82 Å². The summed E-state index contributed by atoms with van der Waals surface area (Å²) >= 11 is 0. The van der Waals surface area contributed by atoms with E-state index in [1.807, 2.05) is 0 Å². The average molecular weight is 236 g/mol. The summed E-state index contributed by atoms with van der Waals surface area (Å²) < 4.78 is 14.8. The van der Waals surface area contributed by atoms with Crippen molar-refractivity contribution >= 4 is 16.7 Å². The molecule has 2 aromatic rings. The molecule has 0 radical (unpaired) electrons. The van der Waals surface area contributed by atoms with Crippen LogP contribution in [0.5, 0.6) is 0 Å². The van der Waals surface area contributed by atoms with E-state index in [2.05, 4.69) is 0 Å². The molecule has 1 aromatic heterocycles. The number of benzene rings is 1. The molecule has 0 spiro atoms. The number of ketones is 1. The molecule has 4 nitrogen and oxygen atoms in total. The SMILES string of the molecule is Cn1cc(C(=O)C(N)CO)c2ccc(F)cc21. The molecule has 0 saturated carbocycles. The fourth-order valence-corrected chi connectivity index (χ4v) is 1.84. The van der Waals surface area contributed by atoms with Gasteiger partial charge in [-0.2, -0.15) is 0 Å². The minimum atomic E-state index is -0.939. The molecule has 0 aliphatic rings. The Morgan fingerprint density at radius 2 is 2.29 bits per heavy atom. The monoisotopic (exact) mass is 236 g/mol. The molecule has 1 unspecified atom stereocenters. The Morgan fingerprint density at radius 3 is 2.94 bits per heavy atom. The molecule has 5 heteroatoms. The number of aryl methyl sites for hydroxylation is 1. The number of aliphatic hydroxyl groups excluding tert-OH is 1. The van der Waals surface area contributed by atoms with Gasteiger partial charge in [0.2, 0.25) is 0 Å². The van der Waals surface area contributed by atoms with Gasteiger partial charge in [-0.15, -0.1) is 0 Å². The highest BCUT2D eigenvalue weighted by Crippen LogP contribution is 2.22. The van der Waals surface area contributed by atoms with Crippen molar-refractivity contribution in [3.8, 4) is 0 Å². The highest BCUT2D eigenvalue weighted by molar-refractivity contribution is 6.10. The summed E-state index contributed by atoms with van der Waals surface area (Å²) in [6.07, 6.45) is 1.60. The maximum Gasteiger partial charge on any atom is 0.184 e. The molecule has 0 aliphatic heterocycles. The number of rotatable bonds is 3. The van der Waals surface area contributed by atoms with Crippen molar-refractivity contribution in [3.63, 3.8) is 0 Å². The number of carbonyl (C=O) groups excluding carboxylic acids is 1. The number of fused-ring (bicyclic) bond motifs is 1. The summed E-state index contributed by atoms with van der Waals surface area (Å²) in [5.74, 6) is -0.700. The van der Waals surface area contributed by atoms with Crippen LogP contribution < -0.4 is 5.73 Å². The van der Waals surface area contributed by atoms with E-state index in [4.69, 9.17) is 10.8 Å². The standard InChI is InChI=1S/C12H13FN2O2/c1-15-5-9(12(17)10(14)6-16)8-3-2-7(13)4-11(8)15/h2-5,10,16H,6,14H2,1H3. The molecular weight excluding hydrogens is 223 g/mol. The lowest BCUT2D eigenvalue weighted by Crippen LogP contribution is -2.33. The number of hydrogen-bond donors (Lipinski definition) is 2. The summed E-state index contributed by atoms with van der Waals surface area (Å²) in [7, 11) is 1.73. The first-order chi connectivity index (χ1) is 8.04. The number of aliphatic hydroxyl groups is 1. The fraction of sp³-hybridized carbons (Fsp3) is 0.250. The van der Waals surface area contributed by atoms with Crippen LogP contribution in [0.15, 0.2) is 24.4 Å². The van der Waals surface area contributed by atoms with Gasteiger partial charge < -0.3 is 15.4 Å². The molecular formula is C12H13FN2O2. The Balaban J connectivity index is 2.60. The van der Waals surface area contributed by atoms with Gasteiger partial charge in [0.1, 0.15) is 5.82 Å². The van der Waals surface area contributed by atoms with Crippen molar-refractivity contribution < 1.29 is 14.3 Å². The number of nitrogens with zero attached hydrogens (tertiary/aromatic N) is 1. The Hall–Kier alpha value is -1.72. The van der Waals surface area contributed by atoms with Crippen LogP contribution in [0.2, 0.25) is 0 Å². The lowest BCUT2D eigenvalue weighted by Gasteiger charge is -2.05. The third-order valence-corrected chi connectivity index (χ3v) is 2.75. The zero-order chi connectivity index (χ0) is 12.6. The highest BCUT2D eigenvalue weighted by Gasteiger charge is 2.19. The number of aromatic nitrogens is 1. The van der Waals surface area contributed by atoms with Crippen LogP contribution in [0.4, 0.5) is 4.39 Å². The molecule has 0 bridgehead atoms. The summed E-state index contributed by atoms with van der Waals surface area (Å²) in [4.78, 5) is 11.9. The zero-order valence-electron chi connectivity index (χ0n) is 9.35. The Bertz CT molecular complexity index is 577. The smallest absolute Gasteiger partial charge is 0.184 e. The number of nitrogens with two attached hydrogens (primary N) is 1. The van der Waals surface area contributed by atoms with E-state index in [0.29, 0.717) is 16.5 Å². The zero-order valence-corrected chi connectivity index (χ0v) is 9.35. The topological polar surface area (TPSA) is 68.2 Å². The summed E-state index contributed by atoms with van der Waals surface area (Å²) in [6, 6.07) is 3.26. The predicted molar refractivity (Wildman–Crippen MR) is 62.3 cm³/mol. The Kier molecular flexibility index (Phi) is 2.95. The Labute approximate surface area is 97.5 Å². The van der Waals surface area contributed by atoms with Crippen LogP contribution in [0.25, 0.3) is 10.9 Å². The van der Waals surface area contributed by atoms with E-state index in [-0.39, 0.29) is 11.6 Å². The van der Waals surface area contributed by atoms with E-state index in [9.17, 15) is 9.18 Å². The van der Waals surface area contributed by atoms with Crippen molar-refractivity contribution in [2.24, 2.45) is 12.8 Å². The minimum absolute atomic E-state index is 0.343. The van der Waals surface area contributed by atoms with Gasteiger partial charge in [0.25, 0.3) is 0 Å². The summed E-state index contributed by atoms with van der Waals surface area (Å²) in [5, 5.41) is 9.52. The Morgan fingerprint density at radius 1 is 1.59 bits per heavy atom. The first-order valence-electron chi connectivity index (χ1n) is 5.20. The maximum absolute atomic E-state index is 13.1. The number of carbonyl (C=O) groups is 1. The van der Waals surface area contributed by atoms with Crippen molar-refractivity contribution in [1.82, 2.24) is 4.57 Å². The van der Waals surface area contributed by atoms with E-state index in [0.717, 1.165) is 0 Å². The van der Waals surface area contributed by atoms with Gasteiger partial charge in [-0.25, -0.2) is 4.39 Å². The second-order valence-electron chi connectivity index (χ2n) is 3.97. The maximum atomic E-state index is 13.1. The largest absolute Gasteiger partial charge is 0.394 e. The second kappa shape index (κ2) is 4.27. The van der Waals surface area contributed by atoms with Crippen LogP contribution in [-0.2, 0) is 7.05 Å². The third-order valence-electron chi connectivity index (χ3n) is 2.75. The van der Waals surface area contributed by atoms with Gasteiger partial charge >= 0.3 is 0 Å². The van der Waals surface area contributed by atoms with Crippen LogP contribution in [0.1, 0.15) is 10.4 Å². The predicted octanol–water partition coefficient (Wildman–Crippen LogP) is 0.820. The van der Waals surface area contributed by atoms with Crippen LogP contribution >= 0.6 is 0 Å². The first-order valence-corrected chi connectivity index (χ1v) is 5.20. The molecule has 1 heterocycles. The number of hydrogen-bond acceptors (Lipinski definition) is 3. The van der Waals surface area contributed by atoms with E-state index in [1.54, 1.807) is 23.9 Å². The van der Waals surface area contributed by atoms with Gasteiger partial charge in [-0.1, -0.05) is 0 Å². The van der Waals surface area contributed by atoms with Gasteiger partial charge in [0, 0.05) is 24.2 Å². The van der Waals surface area contributed by atoms with Crippen molar-refractivity contribution in [2.75, 3.05) is 6.61 Å². The summed E-state index contributed by atoms with van der Waals surface area (Å²) in [6.45, 7) is -0.406. The molecule has 1 aromatic carbocycles. The van der Waals surface area contributed by atoms with E-state index in [1.165, 1.54) is 12.1 Å². The van der Waals surface area contributed by atoms with Gasteiger partial charge in [-0.05, 0) is 18.2 Å². The molecule has 0 fully saturated rings. The van der Waals surface area contributed by atoms with E-state index >= 15 is 0 Å². The molecule has 0 amide bonds. The number of Topliss-reactive ketones (excluding diaryl/α,β-unsaturated/α-hetero) is 1. The van der Waals surface area contributed by atoms with Crippen molar-refractivity contribution in [3.05, 3.63) is 35.8 Å². The lowest BCUT2D eigenvalue weighted by molar-refractivity contribution is 0.0927. The molecule has 2 rings (SSSR count). The third kappa shape index (κ3) is 1.94. The molecule has 0 aliphatic carbocycles. The van der Waals surface area contributed by atoms with Crippen molar-refractivity contribution in [1.29, 1.82) is 0 Å². The molecule has 3 N–H and O–H groups in total. The summed E-state index contributed by atoms with van der Waals surface area (Å²) in [5.41, 5.74) is 6.53. The minimum Gasteiger partial charge on any atom is -0.394 e. The first kappa shape index (κ1) is 11.8. The normalized spacial score (nSPS) is 12.9. The quantitative estimate of drug-likeness (QED) is 0.775. The lowest BCUT2D eigenvalue weighted by atomic mass is 10.0. The average Bonchev–Trinajstić information content (AvgIpc) is 2.64. The van der Waals surface area contributed by atoms with Gasteiger partial charge in [0.05, 0.1) is 18.2 Å². The number of halogens is 1. The van der Waals surface area contributed by atoms with Gasteiger partial charge in [0.15, 0.2) is 5.78 Å². The molecule has 0 saturated heterocycles. The fourth-order valence-electron chi connectivity index (χ4n) is 1.84. The van der Waals surface area contributed by atoms with Crippen LogP contribution in [-0.4, -0.2) is 28.1 Å². The highest BCUT2D eigenvalue weighted by atomic mass is 19.1. The van der Waals surface area contributed by atoms with Crippen LogP contribution in [0.3, 0.4) is 0 Å². The van der Waals surface area contributed by atoms with Crippen molar-refractivity contribution in [2.45, 2.75) is 6.04 Å². The van der Waals surface area contributed by atoms with E-state index < -0.39 is 12.6 Å². The molecule has 1 atom stereocenters. The molecule has 17 heavy (non-hydrogen) atoms.